The van der Waals surface area contributed by atoms with Crippen LogP contribution >= 0.6 is 0 Å². The molecule has 2 aliphatic rings. The van der Waals surface area contributed by atoms with E-state index in [9.17, 15) is 14.4 Å². The number of carbonyl (C=O) groups is 3. The molecule has 4 rings (SSSR count). The van der Waals surface area contributed by atoms with Gasteiger partial charge in [0.25, 0.3) is 11.8 Å². The van der Waals surface area contributed by atoms with Crippen molar-refractivity contribution in [1.82, 2.24) is 5.06 Å². The standard InChI is InChI=1S/C19H15NO6/c21-17-9-10-18(22)20(17)26-19(23)24-11-14-12-5-1-3-7-15(12)25-16-8-4-2-6-13(14)16/h1-8,14H,9-11H2. The van der Waals surface area contributed by atoms with E-state index >= 15 is 0 Å². The largest absolute Gasteiger partial charge is 0.533 e. The number of imide groups is 1. The Hall–Kier alpha value is -3.35. The topological polar surface area (TPSA) is 82.1 Å². The summed E-state index contributed by atoms with van der Waals surface area (Å²) in [6.07, 6.45) is -1.02. The first-order valence-corrected chi connectivity index (χ1v) is 8.19. The minimum Gasteiger partial charge on any atom is -0.457 e. The maximum Gasteiger partial charge on any atom is 0.533 e. The molecule has 0 N–H and O–H groups in total. The van der Waals surface area contributed by atoms with Gasteiger partial charge in [0.05, 0.1) is 5.92 Å². The minimum absolute atomic E-state index is 0.00750. The second-order valence-electron chi connectivity index (χ2n) is 5.96. The lowest BCUT2D eigenvalue weighted by molar-refractivity contribution is -0.177. The zero-order valence-electron chi connectivity index (χ0n) is 13.7. The van der Waals surface area contributed by atoms with E-state index in [1.165, 1.54) is 0 Å². The first-order valence-electron chi connectivity index (χ1n) is 8.19. The summed E-state index contributed by atoms with van der Waals surface area (Å²) in [6.45, 7) is -0.00750. The van der Waals surface area contributed by atoms with Crippen LogP contribution in [0.25, 0.3) is 0 Å². The molecule has 0 radical (unpaired) electrons. The van der Waals surface area contributed by atoms with Crippen molar-refractivity contribution in [2.45, 2.75) is 18.8 Å². The Morgan fingerprint density at radius 2 is 1.50 bits per heavy atom. The molecule has 2 aliphatic heterocycles. The second kappa shape index (κ2) is 6.51. The van der Waals surface area contributed by atoms with Gasteiger partial charge < -0.3 is 9.47 Å². The first-order chi connectivity index (χ1) is 12.6. The van der Waals surface area contributed by atoms with Gasteiger partial charge in [-0.3, -0.25) is 14.4 Å². The zero-order chi connectivity index (χ0) is 18.1. The first kappa shape index (κ1) is 16.1. The van der Waals surface area contributed by atoms with Crippen LogP contribution in [0.3, 0.4) is 0 Å². The molecule has 7 heteroatoms. The van der Waals surface area contributed by atoms with Gasteiger partial charge in [-0.15, -0.1) is 0 Å². The number of benzene rings is 2. The van der Waals surface area contributed by atoms with Gasteiger partial charge in [0.15, 0.2) is 0 Å². The van der Waals surface area contributed by atoms with Crippen molar-refractivity contribution in [3.05, 3.63) is 59.7 Å². The Bertz CT molecular complexity index is 832. The van der Waals surface area contributed by atoms with E-state index in [0.29, 0.717) is 16.6 Å². The maximum absolute atomic E-state index is 11.9. The molecule has 0 atom stereocenters. The molecule has 0 aliphatic carbocycles. The molecule has 7 nitrogen and oxygen atoms in total. The highest BCUT2D eigenvalue weighted by molar-refractivity contribution is 6.01. The number of rotatable bonds is 3. The second-order valence-corrected chi connectivity index (χ2v) is 5.96. The summed E-state index contributed by atoms with van der Waals surface area (Å²) in [7, 11) is 0. The monoisotopic (exact) mass is 353 g/mol. The molecule has 132 valence electrons. The average molecular weight is 353 g/mol. The molecule has 0 unspecified atom stereocenters. The smallest absolute Gasteiger partial charge is 0.457 e. The number of ether oxygens (including phenoxy) is 2. The third-order valence-corrected chi connectivity index (χ3v) is 4.35. The van der Waals surface area contributed by atoms with Gasteiger partial charge >= 0.3 is 6.16 Å². The van der Waals surface area contributed by atoms with Gasteiger partial charge in [-0.25, -0.2) is 4.79 Å². The van der Waals surface area contributed by atoms with Gasteiger partial charge in [0, 0.05) is 24.0 Å². The lowest BCUT2D eigenvalue weighted by Crippen LogP contribution is -2.32. The fraction of sp³-hybridized carbons (Fsp3) is 0.211. The number of hydrogen-bond acceptors (Lipinski definition) is 6. The van der Waals surface area contributed by atoms with Crippen molar-refractivity contribution in [2.24, 2.45) is 0 Å². The van der Waals surface area contributed by atoms with E-state index in [1.54, 1.807) is 0 Å². The van der Waals surface area contributed by atoms with Gasteiger partial charge in [0.1, 0.15) is 18.1 Å². The summed E-state index contributed by atoms with van der Waals surface area (Å²) in [4.78, 5) is 39.7. The number of hydrogen-bond donors (Lipinski definition) is 0. The number of hydroxylamine groups is 2. The van der Waals surface area contributed by atoms with Crippen LogP contribution in [0.4, 0.5) is 4.79 Å². The van der Waals surface area contributed by atoms with Gasteiger partial charge in [-0.1, -0.05) is 41.5 Å². The minimum atomic E-state index is -1.09. The van der Waals surface area contributed by atoms with E-state index < -0.39 is 18.0 Å². The van der Waals surface area contributed by atoms with Crippen LogP contribution in [0.1, 0.15) is 29.9 Å². The molecule has 2 heterocycles. The summed E-state index contributed by atoms with van der Waals surface area (Å²) in [6, 6.07) is 15.0. The van der Waals surface area contributed by atoms with Gasteiger partial charge in [-0.05, 0) is 12.1 Å². The van der Waals surface area contributed by atoms with Crippen molar-refractivity contribution < 1.29 is 28.7 Å². The molecular formula is C19H15NO6. The van der Waals surface area contributed by atoms with Crippen LogP contribution in [0.15, 0.2) is 48.5 Å². The summed E-state index contributed by atoms with van der Waals surface area (Å²) in [5.74, 6) is 0.0484. The molecule has 26 heavy (non-hydrogen) atoms. The molecule has 1 saturated heterocycles. The summed E-state index contributed by atoms with van der Waals surface area (Å²) < 4.78 is 11.1. The highest BCUT2D eigenvalue weighted by Crippen LogP contribution is 2.43. The Morgan fingerprint density at radius 1 is 0.962 bits per heavy atom. The molecule has 0 saturated carbocycles. The van der Waals surface area contributed by atoms with Gasteiger partial charge in [-0.2, -0.15) is 0 Å². The van der Waals surface area contributed by atoms with Crippen LogP contribution in [-0.4, -0.2) is 29.6 Å². The molecule has 0 bridgehead atoms. The van der Waals surface area contributed by atoms with Crippen LogP contribution in [0.5, 0.6) is 11.5 Å². The molecule has 2 aromatic rings. The molecule has 2 amide bonds. The fourth-order valence-corrected chi connectivity index (χ4v) is 3.10. The van der Waals surface area contributed by atoms with Crippen molar-refractivity contribution in [3.8, 4) is 11.5 Å². The van der Waals surface area contributed by atoms with Crippen LogP contribution in [-0.2, 0) is 19.2 Å². The van der Waals surface area contributed by atoms with E-state index in [2.05, 4.69) is 0 Å². The highest BCUT2D eigenvalue weighted by atomic mass is 16.8. The Kier molecular flexibility index (Phi) is 4.04. The molecule has 0 aromatic heterocycles. The summed E-state index contributed by atoms with van der Waals surface area (Å²) in [5.41, 5.74) is 1.76. The van der Waals surface area contributed by atoms with E-state index in [0.717, 1.165) is 11.1 Å². The Labute approximate surface area is 149 Å². The lowest BCUT2D eigenvalue weighted by atomic mass is 9.89. The number of nitrogens with zero attached hydrogens (tertiary/aromatic N) is 1. The van der Waals surface area contributed by atoms with E-state index in [1.807, 2.05) is 48.5 Å². The summed E-state index contributed by atoms with van der Waals surface area (Å²) >= 11 is 0. The normalized spacial score (nSPS) is 15.9. The van der Waals surface area contributed by atoms with Crippen LogP contribution in [0.2, 0.25) is 0 Å². The molecule has 0 spiro atoms. The van der Waals surface area contributed by atoms with E-state index in [4.69, 9.17) is 14.3 Å². The number of para-hydroxylation sites is 2. The van der Waals surface area contributed by atoms with Crippen LogP contribution in [0, 0.1) is 0 Å². The lowest BCUT2D eigenvalue weighted by Gasteiger charge is -2.27. The van der Waals surface area contributed by atoms with Crippen molar-refractivity contribution in [1.29, 1.82) is 0 Å². The zero-order valence-corrected chi connectivity index (χ0v) is 13.7. The van der Waals surface area contributed by atoms with Crippen molar-refractivity contribution in [2.75, 3.05) is 6.61 Å². The number of amides is 2. The third kappa shape index (κ3) is 2.88. The quantitative estimate of drug-likeness (QED) is 0.623. The number of carbonyl (C=O) groups excluding carboxylic acids is 3. The van der Waals surface area contributed by atoms with Crippen LogP contribution < -0.4 is 4.74 Å². The van der Waals surface area contributed by atoms with Crippen molar-refractivity contribution in [3.63, 3.8) is 0 Å². The average Bonchev–Trinajstić information content (AvgIpc) is 2.97. The van der Waals surface area contributed by atoms with Gasteiger partial charge in [0.2, 0.25) is 0 Å². The van der Waals surface area contributed by atoms with Crippen molar-refractivity contribution >= 4 is 18.0 Å². The maximum atomic E-state index is 11.9. The molecular weight excluding hydrogens is 338 g/mol. The number of fused-ring (bicyclic) bond motifs is 2. The summed E-state index contributed by atoms with van der Waals surface area (Å²) in [5, 5.41) is 0.466. The van der Waals surface area contributed by atoms with E-state index in [-0.39, 0.29) is 25.4 Å². The Balaban J connectivity index is 1.50. The predicted octanol–water partition coefficient (Wildman–Crippen LogP) is 3.14. The fourth-order valence-electron chi connectivity index (χ4n) is 3.10. The SMILES string of the molecule is O=C(OCC1c2ccccc2Oc2ccccc21)ON1C(=O)CCC1=O. The third-order valence-electron chi connectivity index (χ3n) is 4.35. The predicted molar refractivity (Wildman–Crippen MR) is 88.3 cm³/mol. The Morgan fingerprint density at radius 3 is 2.08 bits per heavy atom. The highest BCUT2D eigenvalue weighted by Gasteiger charge is 2.34. The molecule has 1 fully saturated rings. The molecule has 2 aromatic carbocycles.